The molecule has 1 amide bonds. The summed E-state index contributed by atoms with van der Waals surface area (Å²) in [7, 11) is 3.23. The van der Waals surface area contributed by atoms with Crippen LogP contribution in [0.15, 0.2) is 58.3 Å². The van der Waals surface area contributed by atoms with Gasteiger partial charge in [0, 0.05) is 19.8 Å². The molecule has 1 atom stereocenters. The van der Waals surface area contributed by atoms with Crippen LogP contribution in [0.1, 0.15) is 0 Å². The van der Waals surface area contributed by atoms with Crippen molar-refractivity contribution in [3.05, 3.63) is 48.7 Å². The van der Waals surface area contributed by atoms with Crippen molar-refractivity contribution in [1.29, 1.82) is 0 Å². The van der Waals surface area contributed by atoms with Crippen LogP contribution in [0, 0.1) is 0 Å². The van der Waals surface area contributed by atoms with Crippen LogP contribution in [-0.2, 0) is 11.8 Å². The number of carbonyl (C=O) groups excluding carboxylic acids is 1. The Morgan fingerprint density at radius 2 is 2.00 bits per heavy atom. The summed E-state index contributed by atoms with van der Waals surface area (Å²) in [4.78, 5) is 13.5. The Kier molecular flexibility index (Phi) is 4.66. The van der Waals surface area contributed by atoms with Gasteiger partial charge in [-0.3, -0.25) is 4.79 Å². The second-order valence-electron chi connectivity index (χ2n) is 5.01. The molecule has 124 valence electrons. The number of thioether (sulfide) groups is 1. The van der Waals surface area contributed by atoms with E-state index in [0.29, 0.717) is 34.2 Å². The highest BCUT2D eigenvalue weighted by Crippen LogP contribution is 2.28. The van der Waals surface area contributed by atoms with E-state index in [1.807, 2.05) is 6.07 Å². The minimum Gasteiger partial charge on any atom is -0.461 e. The summed E-state index contributed by atoms with van der Waals surface area (Å²) in [6.45, 7) is 0. The molecule has 0 aliphatic rings. The van der Waals surface area contributed by atoms with Crippen LogP contribution in [0.3, 0.4) is 0 Å². The Hall–Kier alpha value is -2.61. The summed E-state index contributed by atoms with van der Waals surface area (Å²) < 4.78 is 21.3. The van der Waals surface area contributed by atoms with E-state index in [-0.39, 0.29) is 0 Å². The van der Waals surface area contributed by atoms with Crippen molar-refractivity contribution in [2.24, 2.45) is 7.05 Å². The molecule has 0 spiro atoms. The fourth-order valence-electron chi connectivity index (χ4n) is 2.11. The molecule has 0 aliphatic carbocycles. The fourth-order valence-corrected chi connectivity index (χ4v) is 2.89. The maximum Gasteiger partial charge on any atom is 0.272 e. The molecule has 1 unspecified atom stereocenters. The van der Waals surface area contributed by atoms with Gasteiger partial charge < -0.3 is 13.9 Å². The Labute approximate surface area is 142 Å². The number of amides is 1. The van der Waals surface area contributed by atoms with Gasteiger partial charge in [0.25, 0.3) is 5.91 Å². The van der Waals surface area contributed by atoms with Gasteiger partial charge in [-0.25, -0.2) is 4.39 Å². The number of hydrogen-bond donors (Lipinski definition) is 0. The predicted octanol–water partition coefficient (Wildman–Crippen LogP) is 3.13. The number of nitrogens with zero attached hydrogens (tertiary/aromatic N) is 4. The summed E-state index contributed by atoms with van der Waals surface area (Å²) in [5.41, 5.74) is -1.16. The molecule has 2 aromatic heterocycles. The van der Waals surface area contributed by atoms with E-state index in [4.69, 9.17) is 4.42 Å². The van der Waals surface area contributed by atoms with Gasteiger partial charge in [-0.15, -0.1) is 10.2 Å². The SMILES string of the molecule is CN(C(=O)C(F)Sc1nnc(-c2ccco2)n1C)c1ccccc1. The molecule has 24 heavy (non-hydrogen) atoms. The second-order valence-corrected chi connectivity index (χ2v) is 6.02. The molecule has 0 radical (unpaired) electrons. The highest BCUT2D eigenvalue weighted by molar-refractivity contribution is 8.00. The highest BCUT2D eigenvalue weighted by Gasteiger charge is 2.26. The zero-order valence-electron chi connectivity index (χ0n) is 13.1. The van der Waals surface area contributed by atoms with Crippen molar-refractivity contribution in [3.8, 4) is 11.6 Å². The monoisotopic (exact) mass is 346 g/mol. The minimum atomic E-state index is -1.79. The quantitative estimate of drug-likeness (QED) is 0.664. The predicted molar refractivity (Wildman–Crippen MR) is 89.3 cm³/mol. The molecule has 3 aromatic rings. The minimum absolute atomic E-state index is 0.295. The lowest BCUT2D eigenvalue weighted by Crippen LogP contribution is -2.32. The average Bonchev–Trinajstić information content (AvgIpc) is 3.25. The van der Waals surface area contributed by atoms with Crippen LogP contribution >= 0.6 is 11.8 Å². The van der Waals surface area contributed by atoms with E-state index >= 15 is 0 Å². The first kappa shape index (κ1) is 16.3. The fraction of sp³-hybridized carbons (Fsp3) is 0.188. The highest BCUT2D eigenvalue weighted by atomic mass is 32.2. The molecule has 2 heterocycles. The van der Waals surface area contributed by atoms with Crippen LogP contribution in [-0.4, -0.2) is 33.2 Å². The third-order valence-electron chi connectivity index (χ3n) is 3.45. The van der Waals surface area contributed by atoms with Crippen LogP contribution in [0.5, 0.6) is 0 Å². The molecule has 1 aromatic carbocycles. The number of hydrogen-bond acceptors (Lipinski definition) is 5. The van der Waals surface area contributed by atoms with Crippen molar-refractivity contribution < 1.29 is 13.6 Å². The summed E-state index contributed by atoms with van der Waals surface area (Å²) in [6, 6.07) is 12.4. The molecule has 3 rings (SSSR count). The molecule has 0 fully saturated rings. The van der Waals surface area contributed by atoms with E-state index in [9.17, 15) is 9.18 Å². The van der Waals surface area contributed by atoms with Crippen LogP contribution < -0.4 is 4.90 Å². The van der Waals surface area contributed by atoms with Gasteiger partial charge in [0.2, 0.25) is 5.50 Å². The largest absolute Gasteiger partial charge is 0.461 e. The van der Waals surface area contributed by atoms with Crippen molar-refractivity contribution in [2.45, 2.75) is 10.7 Å². The van der Waals surface area contributed by atoms with Gasteiger partial charge in [0.15, 0.2) is 16.7 Å². The number of rotatable bonds is 5. The Balaban J connectivity index is 1.73. The topological polar surface area (TPSA) is 64.2 Å². The van der Waals surface area contributed by atoms with Crippen LogP contribution in [0.25, 0.3) is 11.6 Å². The van der Waals surface area contributed by atoms with E-state index in [0.717, 1.165) is 0 Å². The summed E-state index contributed by atoms with van der Waals surface area (Å²) in [5.74, 6) is 0.340. The van der Waals surface area contributed by atoms with Crippen LogP contribution in [0.4, 0.5) is 10.1 Å². The van der Waals surface area contributed by atoms with Crippen molar-refractivity contribution in [3.63, 3.8) is 0 Å². The number of alkyl halides is 1. The number of para-hydroxylation sites is 1. The van der Waals surface area contributed by atoms with E-state index in [1.165, 1.54) is 18.2 Å². The molecular formula is C16H15FN4O2S. The molecule has 0 saturated heterocycles. The smallest absolute Gasteiger partial charge is 0.272 e. The van der Waals surface area contributed by atoms with Crippen molar-refractivity contribution in [2.75, 3.05) is 11.9 Å². The first-order valence-corrected chi connectivity index (χ1v) is 8.02. The third kappa shape index (κ3) is 3.18. The zero-order valence-corrected chi connectivity index (χ0v) is 13.9. The Morgan fingerprint density at radius 3 is 2.67 bits per heavy atom. The Morgan fingerprint density at radius 1 is 1.25 bits per heavy atom. The van der Waals surface area contributed by atoms with Crippen molar-refractivity contribution in [1.82, 2.24) is 14.8 Å². The molecule has 0 saturated carbocycles. The van der Waals surface area contributed by atoms with Gasteiger partial charge in [0.05, 0.1) is 6.26 Å². The normalized spacial score (nSPS) is 12.1. The standard InChI is InChI=1S/C16H15FN4O2S/c1-20(11-7-4-3-5-8-11)15(22)13(17)24-16-19-18-14(21(16)2)12-9-6-10-23-12/h3-10,13H,1-2H3. The van der Waals surface area contributed by atoms with Gasteiger partial charge >= 0.3 is 0 Å². The maximum absolute atomic E-state index is 14.4. The first-order valence-electron chi connectivity index (χ1n) is 7.14. The lowest BCUT2D eigenvalue weighted by atomic mass is 10.3. The number of benzene rings is 1. The van der Waals surface area contributed by atoms with Gasteiger partial charge in [-0.1, -0.05) is 18.2 Å². The summed E-state index contributed by atoms with van der Waals surface area (Å²) in [5, 5.41) is 8.21. The number of halogens is 1. The second kappa shape index (κ2) is 6.88. The molecule has 0 bridgehead atoms. The lowest BCUT2D eigenvalue weighted by Gasteiger charge is -2.18. The van der Waals surface area contributed by atoms with E-state index in [2.05, 4.69) is 10.2 Å². The number of furan rings is 1. The number of aromatic nitrogens is 3. The molecule has 0 aliphatic heterocycles. The molecule has 6 nitrogen and oxygen atoms in total. The van der Waals surface area contributed by atoms with Gasteiger partial charge in [-0.05, 0) is 36.0 Å². The van der Waals surface area contributed by atoms with Crippen molar-refractivity contribution >= 4 is 23.4 Å². The molecular weight excluding hydrogens is 331 g/mol. The average molecular weight is 346 g/mol. The van der Waals surface area contributed by atoms with Gasteiger partial charge in [0.1, 0.15) is 0 Å². The maximum atomic E-state index is 14.4. The van der Waals surface area contributed by atoms with E-state index in [1.54, 1.807) is 48.0 Å². The van der Waals surface area contributed by atoms with Crippen LogP contribution in [0.2, 0.25) is 0 Å². The third-order valence-corrected chi connectivity index (χ3v) is 4.43. The number of carbonyl (C=O) groups is 1. The lowest BCUT2D eigenvalue weighted by molar-refractivity contribution is -0.120. The van der Waals surface area contributed by atoms with E-state index < -0.39 is 11.4 Å². The molecule has 8 heteroatoms. The summed E-state index contributed by atoms with van der Waals surface area (Å²) in [6.07, 6.45) is 1.52. The first-order chi connectivity index (χ1) is 11.6. The zero-order chi connectivity index (χ0) is 17.1. The number of anilines is 1. The summed E-state index contributed by atoms with van der Waals surface area (Å²) >= 11 is 0.709. The Bertz CT molecular complexity index is 820. The van der Waals surface area contributed by atoms with Gasteiger partial charge in [-0.2, -0.15) is 0 Å². The molecule has 0 N–H and O–H groups in total.